The maximum absolute atomic E-state index is 12.9. The molecule has 0 fully saturated rings. The third-order valence-electron chi connectivity index (χ3n) is 5.38. The van der Waals surface area contributed by atoms with Crippen LogP contribution in [0, 0.1) is 0 Å². The predicted octanol–water partition coefficient (Wildman–Crippen LogP) is 1.03. The van der Waals surface area contributed by atoms with Crippen LogP contribution in [0.1, 0.15) is 16.8 Å². The van der Waals surface area contributed by atoms with Crippen LogP contribution < -0.4 is 33.2 Å². The highest BCUT2D eigenvalue weighted by Gasteiger charge is 2.23. The van der Waals surface area contributed by atoms with Crippen LogP contribution in [0.4, 0.5) is 5.69 Å². The lowest BCUT2D eigenvalue weighted by Gasteiger charge is -2.15. The minimum atomic E-state index is 0. The van der Waals surface area contributed by atoms with E-state index in [1.54, 1.807) is 7.11 Å². The molecule has 5 nitrogen and oxygen atoms in total. The van der Waals surface area contributed by atoms with Crippen LogP contribution >= 0.6 is 12.4 Å². The van der Waals surface area contributed by atoms with Crippen LogP contribution in [-0.2, 0) is 7.05 Å². The highest BCUT2D eigenvalue weighted by Crippen LogP contribution is 2.38. The van der Waals surface area contributed by atoms with Gasteiger partial charge in [0.25, 0.3) is 0 Å². The quantitative estimate of drug-likeness (QED) is 0.203. The molecule has 4 N–H and O–H groups in total. The number of hydrogen-bond acceptors (Lipinski definition) is 4. The summed E-state index contributed by atoms with van der Waals surface area (Å²) in [7, 11) is 3.63. The van der Waals surface area contributed by atoms with Gasteiger partial charge in [-0.15, -0.1) is 12.4 Å². The second-order valence-electron chi connectivity index (χ2n) is 7.07. The number of aromatic nitrogens is 1. The Morgan fingerprint density at radius 1 is 1.03 bits per heavy atom. The summed E-state index contributed by atoms with van der Waals surface area (Å²) in [6.07, 6.45) is 0.306. The Morgan fingerprint density at radius 2 is 1.74 bits per heavy atom. The molecule has 0 saturated carbocycles. The maximum Gasteiger partial charge on any atom is 0.214 e. The molecule has 0 spiro atoms. The number of methoxy groups -OCH3 is 1. The number of nitrogens with two attached hydrogens (primary N) is 2. The molecule has 0 radical (unpaired) electrons. The van der Waals surface area contributed by atoms with Gasteiger partial charge in [-0.1, -0.05) is 30.3 Å². The molecular formula is C24H25Cl2N3O2. The lowest BCUT2D eigenvalue weighted by Crippen LogP contribution is -3.00. The molecule has 4 aromatic rings. The number of para-hydroxylation sites is 1. The normalized spacial score (nSPS) is 10.4. The van der Waals surface area contributed by atoms with Crippen molar-refractivity contribution in [2.24, 2.45) is 12.8 Å². The summed E-state index contributed by atoms with van der Waals surface area (Å²) in [5, 5.41) is 1.97. The Labute approximate surface area is 193 Å². The number of hydrogen-bond donors (Lipinski definition) is 2. The number of benzene rings is 3. The zero-order chi connectivity index (χ0) is 20.5. The van der Waals surface area contributed by atoms with E-state index < -0.39 is 0 Å². The molecule has 7 heteroatoms. The monoisotopic (exact) mass is 457 g/mol. The van der Waals surface area contributed by atoms with E-state index in [2.05, 4.69) is 16.7 Å². The molecule has 0 saturated heterocycles. The van der Waals surface area contributed by atoms with E-state index >= 15 is 0 Å². The van der Waals surface area contributed by atoms with E-state index in [0.29, 0.717) is 30.0 Å². The van der Waals surface area contributed by atoms with Gasteiger partial charge < -0.3 is 28.6 Å². The Morgan fingerprint density at radius 3 is 2.45 bits per heavy atom. The van der Waals surface area contributed by atoms with Crippen LogP contribution in [0.25, 0.3) is 32.9 Å². The molecule has 0 aliphatic rings. The maximum atomic E-state index is 12.9. The third kappa shape index (κ3) is 4.17. The van der Waals surface area contributed by atoms with Crippen LogP contribution in [0.3, 0.4) is 0 Å². The average molecular weight is 458 g/mol. The van der Waals surface area contributed by atoms with Crippen molar-refractivity contribution in [1.29, 1.82) is 0 Å². The van der Waals surface area contributed by atoms with Crippen molar-refractivity contribution < 1.29 is 26.5 Å². The summed E-state index contributed by atoms with van der Waals surface area (Å²) >= 11 is 0. The van der Waals surface area contributed by atoms with E-state index in [4.69, 9.17) is 16.2 Å². The fourth-order valence-electron chi connectivity index (χ4n) is 3.99. The van der Waals surface area contributed by atoms with Gasteiger partial charge >= 0.3 is 0 Å². The van der Waals surface area contributed by atoms with Crippen LogP contribution in [0.2, 0.25) is 0 Å². The first-order valence-electron chi connectivity index (χ1n) is 9.57. The lowest BCUT2D eigenvalue weighted by molar-refractivity contribution is -0.617. The summed E-state index contributed by atoms with van der Waals surface area (Å²) in [5.41, 5.74) is 17.0. The minimum Gasteiger partial charge on any atom is -1.00 e. The Hall–Kier alpha value is -2.86. The first-order valence-corrected chi connectivity index (χ1v) is 9.57. The van der Waals surface area contributed by atoms with Crippen molar-refractivity contribution >= 4 is 45.7 Å². The molecule has 0 aliphatic carbocycles. The Kier molecular flexibility index (Phi) is 7.85. The van der Waals surface area contributed by atoms with Crippen molar-refractivity contribution in [2.45, 2.75) is 6.42 Å². The number of carbonyl (C=O) groups excluding carboxylic acids is 1. The molecule has 3 aromatic carbocycles. The second-order valence-corrected chi connectivity index (χ2v) is 7.07. The summed E-state index contributed by atoms with van der Waals surface area (Å²) in [6.45, 7) is 0.319. The average Bonchev–Trinajstić information content (AvgIpc) is 2.75. The number of fused-ring (bicyclic) bond motifs is 2. The first-order chi connectivity index (χ1) is 14.1. The molecule has 0 bridgehead atoms. The number of ketones is 1. The number of anilines is 1. The van der Waals surface area contributed by atoms with Crippen molar-refractivity contribution in [2.75, 3.05) is 19.4 Å². The Bertz CT molecular complexity index is 1260. The molecule has 1 heterocycles. The largest absolute Gasteiger partial charge is 1.00 e. The summed E-state index contributed by atoms with van der Waals surface area (Å²) in [5.74, 6) is 0.649. The number of aryl methyl sites for hydroxylation is 1. The minimum absolute atomic E-state index is 0. The lowest BCUT2D eigenvalue weighted by atomic mass is 9.91. The molecule has 0 atom stereocenters. The van der Waals surface area contributed by atoms with Crippen LogP contribution in [-0.4, -0.2) is 19.4 Å². The molecule has 0 amide bonds. The smallest absolute Gasteiger partial charge is 0.214 e. The van der Waals surface area contributed by atoms with E-state index in [1.165, 1.54) is 0 Å². The molecule has 0 unspecified atom stereocenters. The standard InChI is InChI=1S/C24H23N3O2.2ClH/c1-27-19-8-4-3-6-16(19)23(15-10-11-18(26)22(14-15)29-2)24-17(21(28)12-13-25)7-5-9-20(24)27;;/h3-11,14,26H,12-13,25H2,1-2H3;2*1H. The van der Waals surface area contributed by atoms with Crippen LogP contribution in [0.5, 0.6) is 5.75 Å². The molecule has 162 valence electrons. The van der Waals surface area contributed by atoms with Gasteiger partial charge in [-0.05, 0) is 30.3 Å². The summed E-state index contributed by atoms with van der Waals surface area (Å²) < 4.78 is 7.58. The van der Waals surface area contributed by atoms with Gasteiger partial charge in [0.1, 0.15) is 12.8 Å². The van der Waals surface area contributed by atoms with Gasteiger partial charge in [0, 0.05) is 29.7 Å². The van der Waals surface area contributed by atoms with E-state index in [-0.39, 0.29) is 30.6 Å². The fraction of sp³-hybridized carbons (Fsp3) is 0.167. The third-order valence-corrected chi connectivity index (χ3v) is 5.38. The number of pyridine rings is 1. The van der Waals surface area contributed by atoms with Crippen LogP contribution in [0.15, 0.2) is 60.7 Å². The van der Waals surface area contributed by atoms with E-state index in [0.717, 1.165) is 32.9 Å². The molecule has 0 aliphatic heterocycles. The zero-order valence-electron chi connectivity index (χ0n) is 17.4. The summed E-state index contributed by atoms with van der Waals surface area (Å²) in [4.78, 5) is 12.9. The van der Waals surface area contributed by atoms with Crippen molar-refractivity contribution in [3.8, 4) is 16.9 Å². The highest BCUT2D eigenvalue weighted by molar-refractivity contribution is 6.16. The number of carbonyl (C=O) groups is 1. The predicted molar refractivity (Wildman–Crippen MR) is 124 cm³/mol. The molecule has 1 aromatic heterocycles. The fourth-order valence-corrected chi connectivity index (χ4v) is 3.99. The molecule has 31 heavy (non-hydrogen) atoms. The van der Waals surface area contributed by atoms with Gasteiger partial charge in [0.2, 0.25) is 11.0 Å². The van der Waals surface area contributed by atoms with Gasteiger partial charge in [-0.3, -0.25) is 4.79 Å². The number of nitrogen functional groups attached to an aromatic ring is 1. The second kappa shape index (κ2) is 9.96. The molecule has 4 rings (SSSR count). The number of halogens is 2. The van der Waals surface area contributed by atoms with Gasteiger partial charge in [-0.2, -0.15) is 4.57 Å². The van der Waals surface area contributed by atoms with E-state index in [1.807, 2.05) is 55.6 Å². The van der Waals surface area contributed by atoms with Crippen molar-refractivity contribution in [1.82, 2.24) is 0 Å². The zero-order valence-corrected chi connectivity index (χ0v) is 19.0. The number of Topliss-reactive ketones (excluding diaryl/α,β-unsaturated/α-hetero) is 1. The van der Waals surface area contributed by atoms with Gasteiger partial charge in [0.15, 0.2) is 5.78 Å². The summed E-state index contributed by atoms with van der Waals surface area (Å²) in [6, 6.07) is 19.8. The highest BCUT2D eigenvalue weighted by atomic mass is 35.5. The first kappa shape index (κ1) is 24.4. The van der Waals surface area contributed by atoms with Gasteiger partial charge in [0.05, 0.1) is 23.6 Å². The SMILES string of the molecule is COc1cc(-c2c3ccccc3[n+](C)c3cccc(C(=O)CCN)c23)ccc1N.Cl.[Cl-]. The van der Waals surface area contributed by atoms with E-state index in [9.17, 15) is 4.79 Å². The number of rotatable bonds is 5. The molecular weight excluding hydrogens is 433 g/mol. The van der Waals surface area contributed by atoms with Crippen molar-refractivity contribution in [3.63, 3.8) is 0 Å². The van der Waals surface area contributed by atoms with Crippen molar-refractivity contribution in [3.05, 3.63) is 66.2 Å². The Balaban J connectivity index is 0.00000171. The number of ether oxygens (including phenoxy) is 1. The topological polar surface area (TPSA) is 82.2 Å². The van der Waals surface area contributed by atoms with Gasteiger partial charge in [-0.25, -0.2) is 0 Å². The number of nitrogens with zero attached hydrogens (tertiary/aromatic N) is 1.